The number of halogens is 1. The zero-order chi connectivity index (χ0) is 16.4. The van der Waals surface area contributed by atoms with E-state index in [0.29, 0.717) is 22.4 Å². The van der Waals surface area contributed by atoms with Crippen molar-refractivity contribution < 1.29 is 18.9 Å². The molecular weight excluding hydrogens is 323 g/mol. The highest BCUT2D eigenvalue weighted by molar-refractivity contribution is 7.68. The zero-order valence-electron chi connectivity index (χ0n) is 12.6. The van der Waals surface area contributed by atoms with E-state index in [0.717, 1.165) is 0 Å². The normalized spacial score (nSPS) is 16.4. The van der Waals surface area contributed by atoms with Crippen LogP contribution in [-0.2, 0) is 9.18 Å². The van der Waals surface area contributed by atoms with Crippen LogP contribution in [0.25, 0.3) is 0 Å². The van der Waals surface area contributed by atoms with E-state index < -0.39 is 12.0 Å². The number of alkyl halides is 1. The Morgan fingerprint density at radius 1 is 1.05 bits per heavy atom. The molecule has 1 N–H and O–H groups in total. The minimum absolute atomic E-state index is 0.308. The van der Waals surface area contributed by atoms with Gasteiger partial charge in [-0.2, -0.15) is 0 Å². The van der Waals surface area contributed by atoms with Crippen LogP contribution in [-0.4, -0.2) is 19.1 Å². The van der Waals surface area contributed by atoms with E-state index in [1.807, 2.05) is 0 Å². The third-order valence-electron chi connectivity index (χ3n) is 3.59. The van der Waals surface area contributed by atoms with Crippen molar-refractivity contribution in [3.05, 3.63) is 54.1 Å². The first-order valence-electron chi connectivity index (χ1n) is 6.64. The number of rotatable bonds is 5. The second-order valence-electron chi connectivity index (χ2n) is 4.93. The van der Waals surface area contributed by atoms with Crippen LogP contribution in [0, 0.1) is 0 Å². The maximum Gasteiger partial charge on any atom is 0.254 e. The molecule has 0 aromatic heterocycles. The quantitative estimate of drug-likeness (QED) is 0.666. The summed E-state index contributed by atoms with van der Waals surface area (Å²) in [5, 5.41) is 0.308. The predicted molar refractivity (Wildman–Crippen MR) is 88.7 cm³/mol. The van der Waals surface area contributed by atoms with E-state index >= 15 is 0 Å². The van der Waals surface area contributed by atoms with Crippen molar-refractivity contribution in [2.24, 2.45) is 0 Å². The Kier molecular flexibility index (Phi) is 4.86. The molecule has 2 unspecified atom stereocenters. The first kappa shape index (κ1) is 16.9. The van der Waals surface area contributed by atoms with Crippen LogP contribution in [0.4, 0.5) is 0 Å². The van der Waals surface area contributed by atoms with Crippen molar-refractivity contribution in [3.8, 4) is 11.5 Å². The van der Waals surface area contributed by atoms with Crippen LogP contribution in [0.15, 0.2) is 48.5 Å². The molecule has 0 fully saturated rings. The van der Waals surface area contributed by atoms with Crippen LogP contribution in [0.1, 0.15) is 12.5 Å². The van der Waals surface area contributed by atoms with Crippen LogP contribution in [0.2, 0.25) is 0 Å². The van der Waals surface area contributed by atoms with Gasteiger partial charge in [0.25, 0.3) is 7.37 Å². The van der Waals surface area contributed by atoms with Crippen LogP contribution >= 0.6 is 19.0 Å². The number of methoxy groups -OCH3 is 2. The Labute approximate surface area is 135 Å². The lowest BCUT2D eigenvalue weighted by atomic mass is 10.1. The summed E-state index contributed by atoms with van der Waals surface area (Å²) in [5.41, 5.74) is 0.488. The van der Waals surface area contributed by atoms with Gasteiger partial charge in [-0.15, -0.1) is 11.6 Å². The SMILES string of the molecule is COc1ccc(C(C)(Cl)P(=O)(O)c2ccccc2)cc1OC. The summed E-state index contributed by atoms with van der Waals surface area (Å²) < 4.78 is 21.9. The van der Waals surface area contributed by atoms with E-state index in [1.54, 1.807) is 48.5 Å². The minimum atomic E-state index is -3.85. The molecule has 0 saturated heterocycles. The Bertz CT molecular complexity index is 701. The van der Waals surface area contributed by atoms with Gasteiger partial charge in [0.2, 0.25) is 0 Å². The molecule has 2 rings (SSSR count). The van der Waals surface area contributed by atoms with Crippen LogP contribution in [0.5, 0.6) is 11.5 Å². The molecule has 0 radical (unpaired) electrons. The highest BCUT2D eigenvalue weighted by atomic mass is 35.5. The zero-order valence-corrected chi connectivity index (χ0v) is 14.3. The summed E-state index contributed by atoms with van der Waals surface area (Å²) in [7, 11) is -0.826. The second-order valence-corrected chi connectivity index (χ2v) is 8.52. The van der Waals surface area contributed by atoms with Gasteiger partial charge >= 0.3 is 0 Å². The molecule has 0 aliphatic heterocycles. The fourth-order valence-electron chi connectivity index (χ4n) is 2.17. The van der Waals surface area contributed by atoms with Crippen molar-refractivity contribution in [1.29, 1.82) is 0 Å². The molecule has 0 aliphatic carbocycles. The van der Waals surface area contributed by atoms with Crippen LogP contribution < -0.4 is 14.8 Å². The van der Waals surface area contributed by atoms with Gasteiger partial charge in [0.05, 0.1) is 14.2 Å². The molecule has 0 heterocycles. The fraction of sp³-hybridized carbons (Fsp3) is 0.250. The van der Waals surface area contributed by atoms with Gasteiger partial charge in [0.1, 0.15) is 4.62 Å². The van der Waals surface area contributed by atoms with Crippen molar-refractivity contribution in [1.82, 2.24) is 0 Å². The van der Waals surface area contributed by atoms with E-state index in [9.17, 15) is 9.46 Å². The Balaban J connectivity index is 2.52. The molecule has 0 spiro atoms. The molecule has 0 saturated carbocycles. The van der Waals surface area contributed by atoms with Gasteiger partial charge in [-0.25, -0.2) is 0 Å². The van der Waals surface area contributed by atoms with E-state index in [2.05, 4.69) is 0 Å². The average Bonchev–Trinajstić information content (AvgIpc) is 2.54. The lowest BCUT2D eigenvalue weighted by molar-refractivity contribution is 0.354. The first-order chi connectivity index (χ1) is 10.3. The van der Waals surface area contributed by atoms with Crippen molar-refractivity contribution in [3.63, 3.8) is 0 Å². The summed E-state index contributed by atoms with van der Waals surface area (Å²) in [6, 6.07) is 13.4. The van der Waals surface area contributed by atoms with Gasteiger partial charge in [-0.3, -0.25) is 4.57 Å². The Morgan fingerprint density at radius 3 is 2.18 bits per heavy atom. The molecular formula is C16H18ClO4P. The smallest absolute Gasteiger partial charge is 0.254 e. The number of hydrogen-bond donors (Lipinski definition) is 1. The van der Waals surface area contributed by atoms with E-state index in [4.69, 9.17) is 21.1 Å². The van der Waals surface area contributed by atoms with E-state index in [-0.39, 0.29) is 0 Å². The molecule has 0 amide bonds. The number of hydrogen-bond acceptors (Lipinski definition) is 3. The highest BCUT2D eigenvalue weighted by Gasteiger charge is 2.44. The molecule has 2 atom stereocenters. The molecule has 2 aromatic carbocycles. The lowest BCUT2D eigenvalue weighted by Gasteiger charge is -2.29. The monoisotopic (exact) mass is 340 g/mol. The molecule has 2 aromatic rings. The molecule has 0 aliphatic rings. The lowest BCUT2D eigenvalue weighted by Crippen LogP contribution is -2.22. The number of benzene rings is 2. The largest absolute Gasteiger partial charge is 0.493 e. The maximum absolute atomic E-state index is 12.9. The molecule has 6 heteroatoms. The third-order valence-corrected chi connectivity index (χ3v) is 6.89. The third kappa shape index (κ3) is 2.87. The minimum Gasteiger partial charge on any atom is -0.493 e. The van der Waals surface area contributed by atoms with Gasteiger partial charge < -0.3 is 14.4 Å². The molecule has 0 bridgehead atoms. The fourth-order valence-corrected chi connectivity index (χ4v) is 4.13. The summed E-state index contributed by atoms with van der Waals surface area (Å²) in [4.78, 5) is 10.6. The van der Waals surface area contributed by atoms with Crippen LogP contribution in [0.3, 0.4) is 0 Å². The predicted octanol–water partition coefficient (Wildman–Crippen LogP) is 3.71. The molecule has 22 heavy (non-hydrogen) atoms. The average molecular weight is 341 g/mol. The molecule has 118 valence electrons. The second kappa shape index (κ2) is 6.33. The van der Waals surface area contributed by atoms with Gasteiger partial charge in [-0.1, -0.05) is 24.3 Å². The standard InChI is InChI=1S/C16H18ClO4P/c1-16(17,22(18,19)13-7-5-4-6-8-13)12-9-10-14(20-2)15(11-12)21-3/h4-11H,1-3H3,(H,18,19). The summed E-state index contributed by atoms with van der Waals surface area (Å²) in [6.07, 6.45) is 0. The van der Waals surface area contributed by atoms with Crippen molar-refractivity contribution in [2.45, 2.75) is 11.5 Å². The maximum atomic E-state index is 12.9. The van der Waals surface area contributed by atoms with E-state index in [1.165, 1.54) is 21.1 Å². The summed E-state index contributed by atoms with van der Waals surface area (Å²) in [5.74, 6) is 0.992. The summed E-state index contributed by atoms with van der Waals surface area (Å²) in [6.45, 7) is 1.53. The van der Waals surface area contributed by atoms with Crippen molar-refractivity contribution >= 4 is 24.3 Å². The Hall–Kier alpha value is -1.48. The topological polar surface area (TPSA) is 55.8 Å². The van der Waals surface area contributed by atoms with Gasteiger partial charge in [0, 0.05) is 5.30 Å². The molecule has 4 nitrogen and oxygen atoms in total. The first-order valence-corrected chi connectivity index (χ1v) is 8.68. The van der Waals surface area contributed by atoms with Gasteiger partial charge in [-0.05, 0) is 36.8 Å². The van der Waals surface area contributed by atoms with Gasteiger partial charge in [0.15, 0.2) is 11.5 Å². The highest BCUT2D eigenvalue weighted by Crippen LogP contribution is 2.62. The summed E-state index contributed by atoms with van der Waals surface area (Å²) >= 11 is 6.50. The van der Waals surface area contributed by atoms with Crippen molar-refractivity contribution in [2.75, 3.05) is 14.2 Å². The Morgan fingerprint density at radius 2 is 1.64 bits per heavy atom. The number of ether oxygens (including phenoxy) is 2.